The lowest BCUT2D eigenvalue weighted by Crippen LogP contribution is -2.41. The van der Waals surface area contributed by atoms with Gasteiger partial charge in [0, 0.05) is 10.5 Å². The molecular formula is C14H17BrN2O3. The van der Waals surface area contributed by atoms with Gasteiger partial charge >= 0.3 is 5.97 Å². The Morgan fingerprint density at radius 2 is 2.00 bits per heavy atom. The molecule has 0 unspecified atom stereocenters. The van der Waals surface area contributed by atoms with Gasteiger partial charge in [-0.1, -0.05) is 28.8 Å². The van der Waals surface area contributed by atoms with Crippen LogP contribution in [0.4, 0.5) is 5.69 Å². The summed E-state index contributed by atoms with van der Waals surface area (Å²) < 4.78 is 0.698. The zero-order valence-corrected chi connectivity index (χ0v) is 12.6. The summed E-state index contributed by atoms with van der Waals surface area (Å²) in [6, 6.07) is 5.25. The molecule has 3 N–H and O–H groups in total. The van der Waals surface area contributed by atoms with E-state index in [-0.39, 0.29) is 18.2 Å². The molecule has 108 valence electrons. The Kier molecular flexibility index (Phi) is 4.65. The minimum Gasteiger partial charge on any atom is -0.478 e. The molecule has 5 nitrogen and oxygen atoms in total. The van der Waals surface area contributed by atoms with Crippen LogP contribution >= 0.6 is 15.9 Å². The first-order valence-corrected chi connectivity index (χ1v) is 7.36. The van der Waals surface area contributed by atoms with Gasteiger partial charge in [0.15, 0.2) is 0 Å². The van der Waals surface area contributed by atoms with E-state index in [2.05, 4.69) is 15.9 Å². The maximum absolute atomic E-state index is 11.4. The van der Waals surface area contributed by atoms with Gasteiger partial charge in [0.05, 0.1) is 17.8 Å². The first kappa shape index (κ1) is 14.8. The Morgan fingerprint density at radius 3 is 2.55 bits per heavy atom. The van der Waals surface area contributed by atoms with Crippen LogP contribution in [0.25, 0.3) is 0 Å². The SMILES string of the molecule is NC(=O)CN(c1ccc(Br)cc1C(=O)O)C1CCCC1. The third-order valence-electron chi connectivity index (χ3n) is 3.59. The van der Waals surface area contributed by atoms with E-state index in [1.165, 1.54) is 0 Å². The molecule has 0 bridgehead atoms. The smallest absolute Gasteiger partial charge is 0.337 e. The molecule has 1 amide bonds. The fourth-order valence-corrected chi connectivity index (χ4v) is 3.09. The minimum atomic E-state index is -1.01. The quantitative estimate of drug-likeness (QED) is 0.861. The number of nitrogens with zero attached hydrogens (tertiary/aromatic N) is 1. The van der Waals surface area contributed by atoms with Gasteiger partial charge in [0.1, 0.15) is 0 Å². The maximum atomic E-state index is 11.4. The van der Waals surface area contributed by atoms with Crippen LogP contribution in [-0.2, 0) is 4.79 Å². The number of hydrogen-bond donors (Lipinski definition) is 2. The van der Waals surface area contributed by atoms with Crippen molar-refractivity contribution < 1.29 is 14.7 Å². The van der Waals surface area contributed by atoms with Crippen molar-refractivity contribution in [2.45, 2.75) is 31.7 Å². The van der Waals surface area contributed by atoms with Crippen molar-refractivity contribution >= 4 is 33.5 Å². The van der Waals surface area contributed by atoms with Crippen LogP contribution in [-0.4, -0.2) is 29.6 Å². The second kappa shape index (κ2) is 6.26. The van der Waals surface area contributed by atoms with Crippen LogP contribution < -0.4 is 10.6 Å². The topological polar surface area (TPSA) is 83.6 Å². The number of hydrogen-bond acceptors (Lipinski definition) is 3. The number of rotatable bonds is 5. The van der Waals surface area contributed by atoms with Crippen molar-refractivity contribution in [1.29, 1.82) is 0 Å². The van der Waals surface area contributed by atoms with Gasteiger partial charge in [-0.25, -0.2) is 4.79 Å². The van der Waals surface area contributed by atoms with Crippen LogP contribution in [0.5, 0.6) is 0 Å². The van der Waals surface area contributed by atoms with Gasteiger partial charge in [0.2, 0.25) is 5.91 Å². The van der Waals surface area contributed by atoms with E-state index in [0.717, 1.165) is 25.7 Å². The summed E-state index contributed by atoms with van der Waals surface area (Å²) in [7, 11) is 0. The largest absolute Gasteiger partial charge is 0.478 e. The van der Waals surface area contributed by atoms with Crippen molar-refractivity contribution in [2.75, 3.05) is 11.4 Å². The number of aromatic carboxylic acids is 1. The van der Waals surface area contributed by atoms with Crippen LogP contribution in [0.2, 0.25) is 0 Å². The maximum Gasteiger partial charge on any atom is 0.337 e. The Morgan fingerprint density at radius 1 is 1.35 bits per heavy atom. The molecule has 0 aliphatic heterocycles. The highest BCUT2D eigenvalue weighted by Crippen LogP contribution is 2.31. The van der Waals surface area contributed by atoms with E-state index in [1.54, 1.807) is 18.2 Å². The highest BCUT2D eigenvalue weighted by atomic mass is 79.9. The molecular weight excluding hydrogens is 324 g/mol. The summed E-state index contributed by atoms with van der Waals surface area (Å²) in [4.78, 5) is 24.6. The molecule has 0 heterocycles. The highest BCUT2D eigenvalue weighted by Gasteiger charge is 2.27. The lowest BCUT2D eigenvalue weighted by Gasteiger charge is -2.31. The molecule has 1 fully saturated rings. The monoisotopic (exact) mass is 340 g/mol. The summed E-state index contributed by atoms with van der Waals surface area (Å²) in [5.74, 6) is -1.45. The molecule has 6 heteroatoms. The predicted octanol–water partition coefficient (Wildman–Crippen LogP) is 2.38. The number of benzene rings is 1. The summed E-state index contributed by atoms with van der Waals surface area (Å²) in [6.07, 6.45) is 4.11. The number of carbonyl (C=O) groups is 2. The van der Waals surface area contributed by atoms with Gasteiger partial charge in [0.25, 0.3) is 0 Å². The van der Waals surface area contributed by atoms with E-state index in [4.69, 9.17) is 5.73 Å². The fraction of sp³-hybridized carbons (Fsp3) is 0.429. The van der Waals surface area contributed by atoms with E-state index in [1.807, 2.05) is 4.90 Å². The average Bonchev–Trinajstić information content (AvgIpc) is 2.89. The van der Waals surface area contributed by atoms with Crippen LogP contribution in [0.1, 0.15) is 36.0 Å². The molecule has 1 aliphatic carbocycles. The summed E-state index contributed by atoms with van der Waals surface area (Å²) in [5.41, 5.74) is 6.07. The lowest BCUT2D eigenvalue weighted by molar-refractivity contribution is -0.116. The normalized spacial score (nSPS) is 15.2. The number of primary amides is 1. The third-order valence-corrected chi connectivity index (χ3v) is 4.08. The summed E-state index contributed by atoms with van der Waals surface area (Å²) in [6.45, 7) is 0.0482. The molecule has 1 aliphatic rings. The van der Waals surface area contributed by atoms with E-state index in [9.17, 15) is 14.7 Å². The second-order valence-corrected chi connectivity index (χ2v) is 5.91. The third kappa shape index (κ3) is 3.30. The highest BCUT2D eigenvalue weighted by molar-refractivity contribution is 9.10. The van der Waals surface area contributed by atoms with Gasteiger partial charge in [-0.15, -0.1) is 0 Å². The number of anilines is 1. The minimum absolute atomic E-state index is 0.0482. The zero-order valence-electron chi connectivity index (χ0n) is 11.0. The molecule has 0 spiro atoms. The van der Waals surface area contributed by atoms with Gasteiger partial charge in [-0.05, 0) is 31.0 Å². The molecule has 0 radical (unpaired) electrons. The predicted molar refractivity (Wildman–Crippen MR) is 79.9 cm³/mol. The number of carbonyl (C=O) groups excluding carboxylic acids is 1. The van der Waals surface area contributed by atoms with E-state index in [0.29, 0.717) is 10.2 Å². The summed E-state index contributed by atoms with van der Waals surface area (Å²) in [5, 5.41) is 9.35. The van der Waals surface area contributed by atoms with Crippen LogP contribution in [0, 0.1) is 0 Å². The Hall–Kier alpha value is -1.56. The van der Waals surface area contributed by atoms with E-state index < -0.39 is 11.9 Å². The first-order valence-electron chi connectivity index (χ1n) is 6.57. The van der Waals surface area contributed by atoms with Crippen molar-refractivity contribution in [2.24, 2.45) is 5.73 Å². The van der Waals surface area contributed by atoms with Gasteiger partial charge in [-0.2, -0.15) is 0 Å². The number of carboxylic acids is 1. The Labute approximate surface area is 125 Å². The molecule has 1 aromatic carbocycles. The first-order chi connectivity index (χ1) is 9.49. The number of carboxylic acid groups (broad SMARTS) is 1. The van der Waals surface area contributed by atoms with Crippen molar-refractivity contribution in [3.05, 3.63) is 28.2 Å². The lowest BCUT2D eigenvalue weighted by atomic mass is 10.1. The summed E-state index contributed by atoms with van der Waals surface area (Å²) >= 11 is 3.27. The van der Waals surface area contributed by atoms with Gasteiger partial charge in [-0.3, -0.25) is 4.79 Å². The van der Waals surface area contributed by atoms with Crippen molar-refractivity contribution in [3.8, 4) is 0 Å². The molecule has 1 saturated carbocycles. The molecule has 0 saturated heterocycles. The average molecular weight is 341 g/mol. The number of halogens is 1. The fourth-order valence-electron chi connectivity index (χ4n) is 2.72. The standard InChI is InChI=1S/C14H17BrN2O3/c15-9-5-6-12(11(7-9)14(19)20)17(8-13(16)18)10-3-1-2-4-10/h5-7,10H,1-4,8H2,(H2,16,18)(H,19,20). The molecule has 0 aromatic heterocycles. The Balaban J connectivity index is 2.41. The molecule has 1 aromatic rings. The van der Waals surface area contributed by atoms with Crippen LogP contribution in [0.3, 0.4) is 0 Å². The molecule has 20 heavy (non-hydrogen) atoms. The van der Waals surface area contributed by atoms with Crippen molar-refractivity contribution in [3.63, 3.8) is 0 Å². The number of nitrogens with two attached hydrogens (primary N) is 1. The zero-order chi connectivity index (χ0) is 14.7. The molecule has 0 atom stereocenters. The molecule has 2 rings (SSSR count). The second-order valence-electron chi connectivity index (χ2n) is 5.00. The van der Waals surface area contributed by atoms with Gasteiger partial charge < -0.3 is 15.7 Å². The number of amides is 1. The van der Waals surface area contributed by atoms with Crippen molar-refractivity contribution in [1.82, 2.24) is 0 Å². The Bertz CT molecular complexity index is 527. The van der Waals surface area contributed by atoms with Crippen LogP contribution in [0.15, 0.2) is 22.7 Å². The van der Waals surface area contributed by atoms with E-state index >= 15 is 0 Å².